The number of likely N-dealkylation sites (tertiary alicyclic amines) is 1. The van der Waals surface area contributed by atoms with E-state index in [0.29, 0.717) is 12.5 Å². The van der Waals surface area contributed by atoms with Gasteiger partial charge in [-0.3, -0.25) is 4.79 Å². The fourth-order valence-corrected chi connectivity index (χ4v) is 6.06. The first-order valence-corrected chi connectivity index (χ1v) is 10.7. The molecular formula is C22H28FN3O2. The van der Waals surface area contributed by atoms with Crippen molar-refractivity contribution in [2.45, 2.75) is 62.9 Å². The second-order valence-corrected chi connectivity index (χ2v) is 9.11. The Hall–Kier alpha value is -2.11. The molecule has 5 rings (SSSR count). The van der Waals surface area contributed by atoms with Gasteiger partial charge in [0.1, 0.15) is 5.82 Å². The second-order valence-electron chi connectivity index (χ2n) is 9.11. The molecular weight excluding hydrogens is 357 g/mol. The van der Waals surface area contributed by atoms with E-state index in [1.807, 2.05) is 17.0 Å². The fourth-order valence-electron chi connectivity index (χ4n) is 6.06. The van der Waals surface area contributed by atoms with Crippen LogP contribution in [-0.4, -0.2) is 53.5 Å². The van der Waals surface area contributed by atoms with Gasteiger partial charge in [0.25, 0.3) is 0 Å². The molecule has 3 amide bonds. The van der Waals surface area contributed by atoms with Crippen LogP contribution < -0.4 is 5.32 Å². The highest BCUT2D eigenvalue weighted by molar-refractivity contribution is 5.86. The molecule has 6 heteroatoms. The zero-order valence-electron chi connectivity index (χ0n) is 16.2. The van der Waals surface area contributed by atoms with Crippen LogP contribution >= 0.6 is 0 Å². The van der Waals surface area contributed by atoms with Crippen LogP contribution in [0.3, 0.4) is 0 Å². The monoisotopic (exact) mass is 385 g/mol. The van der Waals surface area contributed by atoms with Gasteiger partial charge < -0.3 is 15.1 Å². The molecule has 4 saturated heterocycles. The van der Waals surface area contributed by atoms with E-state index in [0.717, 1.165) is 58.0 Å². The Labute approximate surface area is 165 Å². The van der Waals surface area contributed by atoms with Crippen LogP contribution in [0, 0.1) is 11.2 Å². The molecule has 4 aliphatic heterocycles. The number of amides is 3. The molecule has 0 aromatic heterocycles. The first-order chi connectivity index (χ1) is 13.6. The van der Waals surface area contributed by atoms with E-state index in [1.54, 1.807) is 0 Å². The molecule has 0 aliphatic carbocycles. The first-order valence-electron chi connectivity index (χ1n) is 10.7. The van der Waals surface area contributed by atoms with Crippen molar-refractivity contribution in [3.8, 4) is 0 Å². The number of carbonyl (C=O) groups is 2. The Balaban J connectivity index is 1.30. The number of hydrogen-bond acceptors (Lipinski definition) is 2. The third-order valence-corrected chi connectivity index (χ3v) is 7.51. The largest absolute Gasteiger partial charge is 0.356 e. The van der Waals surface area contributed by atoms with Gasteiger partial charge in [-0.2, -0.15) is 0 Å². The topological polar surface area (TPSA) is 52.7 Å². The van der Waals surface area contributed by atoms with Gasteiger partial charge >= 0.3 is 6.03 Å². The van der Waals surface area contributed by atoms with Crippen molar-refractivity contribution in [3.63, 3.8) is 0 Å². The molecule has 3 atom stereocenters. The maximum atomic E-state index is 13.4. The Morgan fingerprint density at radius 3 is 2.46 bits per heavy atom. The van der Waals surface area contributed by atoms with Crippen LogP contribution in [0.5, 0.6) is 0 Å². The first kappa shape index (κ1) is 18.0. The summed E-state index contributed by atoms with van der Waals surface area (Å²) in [5, 5.41) is 2.96. The molecule has 28 heavy (non-hydrogen) atoms. The highest BCUT2D eigenvalue weighted by atomic mass is 19.1. The van der Waals surface area contributed by atoms with Gasteiger partial charge in [0, 0.05) is 31.7 Å². The highest BCUT2D eigenvalue weighted by Crippen LogP contribution is 2.44. The van der Waals surface area contributed by atoms with Crippen molar-refractivity contribution >= 4 is 11.9 Å². The summed E-state index contributed by atoms with van der Waals surface area (Å²) in [6, 6.07) is 7.51. The molecule has 1 N–H and O–H groups in total. The van der Waals surface area contributed by atoms with E-state index >= 15 is 0 Å². The standard InChI is InChI=1S/C22H28FN3O2/c23-17-4-2-15(3-5-17)16-12-18-6-7-19(13-16)26(18)21(28)25-11-1-8-22(14-25)9-10-24-20(22)27/h2-5,16,18-19H,1,6-14H2,(H,24,27)/t18-,19-,22?/m1/s1. The fraction of sp³-hybridized carbons (Fsp3) is 0.636. The molecule has 0 radical (unpaired) electrons. The van der Waals surface area contributed by atoms with Crippen molar-refractivity contribution in [1.82, 2.24) is 15.1 Å². The molecule has 0 saturated carbocycles. The van der Waals surface area contributed by atoms with Gasteiger partial charge in [-0.25, -0.2) is 9.18 Å². The third-order valence-electron chi connectivity index (χ3n) is 7.51. The summed E-state index contributed by atoms with van der Waals surface area (Å²) in [5.74, 6) is 0.327. The number of rotatable bonds is 1. The van der Waals surface area contributed by atoms with E-state index in [1.165, 1.54) is 17.7 Å². The van der Waals surface area contributed by atoms with Crippen molar-refractivity contribution in [2.75, 3.05) is 19.6 Å². The number of nitrogens with zero attached hydrogens (tertiary/aromatic N) is 2. The van der Waals surface area contributed by atoms with Gasteiger partial charge in [-0.05, 0) is 68.6 Å². The minimum atomic E-state index is -0.362. The minimum Gasteiger partial charge on any atom is -0.356 e. The van der Waals surface area contributed by atoms with Crippen molar-refractivity contribution in [3.05, 3.63) is 35.6 Å². The predicted octanol–water partition coefficient (Wildman–Crippen LogP) is 3.26. The average molecular weight is 385 g/mol. The van der Waals surface area contributed by atoms with E-state index in [-0.39, 0.29) is 35.3 Å². The molecule has 1 aromatic rings. The van der Waals surface area contributed by atoms with Gasteiger partial charge in [0.15, 0.2) is 0 Å². The summed E-state index contributed by atoms with van der Waals surface area (Å²) in [6.45, 7) is 2.05. The molecule has 4 heterocycles. The lowest BCUT2D eigenvalue weighted by Crippen LogP contribution is -2.56. The normalized spacial score (nSPS) is 34.8. The van der Waals surface area contributed by atoms with E-state index in [2.05, 4.69) is 10.2 Å². The van der Waals surface area contributed by atoms with E-state index in [9.17, 15) is 14.0 Å². The van der Waals surface area contributed by atoms with Crippen LogP contribution in [0.4, 0.5) is 9.18 Å². The second kappa shape index (κ2) is 6.75. The zero-order chi connectivity index (χ0) is 19.3. The number of hydrogen-bond donors (Lipinski definition) is 1. The van der Waals surface area contributed by atoms with Gasteiger partial charge in [-0.15, -0.1) is 0 Å². The number of piperidine rings is 2. The van der Waals surface area contributed by atoms with Crippen molar-refractivity contribution in [2.24, 2.45) is 5.41 Å². The van der Waals surface area contributed by atoms with Crippen LogP contribution in [0.1, 0.15) is 56.4 Å². The summed E-state index contributed by atoms with van der Waals surface area (Å²) in [6.07, 6.45) is 6.64. The number of urea groups is 1. The summed E-state index contributed by atoms with van der Waals surface area (Å²) in [7, 11) is 0. The van der Waals surface area contributed by atoms with Gasteiger partial charge in [0.05, 0.1) is 5.41 Å². The van der Waals surface area contributed by atoms with Crippen LogP contribution in [0.25, 0.3) is 0 Å². The Morgan fingerprint density at radius 1 is 1.11 bits per heavy atom. The molecule has 1 spiro atoms. The smallest absolute Gasteiger partial charge is 0.320 e. The quantitative estimate of drug-likeness (QED) is 0.807. The highest BCUT2D eigenvalue weighted by Gasteiger charge is 2.49. The Bertz CT molecular complexity index is 768. The lowest BCUT2D eigenvalue weighted by molar-refractivity contribution is -0.129. The molecule has 1 unspecified atom stereocenters. The molecule has 5 nitrogen and oxygen atoms in total. The maximum Gasteiger partial charge on any atom is 0.320 e. The number of halogens is 1. The van der Waals surface area contributed by atoms with E-state index < -0.39 is 0 Å². The summed E-state index contributed by atoms with van der Waals surface area (Å²) in [4.78, 5) is 29.8. The van der Waals surface area contributed by atoms with Crippen molar-refractivity contribution in [1.29, 1.82) is 0 Å². The predicted molar refractivity (Wildman–Crippen MR) is 103 cm³/mol. The number of carbonyl (C=O) groups excluding carboxylic acids is 2. The molecule has 150 valence electrons. The Kier molecular flexibility index (Phi) is 4.33. The maximum absolute atomic E-state index is 13.4. The lowest BCUT2D eigenvalue weighted by Gasteiger charge is -2.45. The van der Waals surface area contributed by atoms with Gasteiger partial charge in [0.2, 0.25) is 5.91 Å². The number of benzene rings is 1. The minimum absolute atomic E-state index is 0.128. The van der Waals surface area contributed by atoms with E-state index in [4.69, 9.17) is 0 Å². The summed E-state index contributed by atoms with van der Waals surface area (Å²) in [5.41, 5.74) is 0.823. The van der Waals surface area contributed by atoms with Crippen LogP contribution in [0.2, 0.25) is 0 Å². The average Bonchev–Trinajstić information content (AvgIpc) is 3.17. The summed E-state index contributed by atoms with van der Waals surface area (Å²) >= 11 is 0. The van der Waals surface area contributed by atoms with Crippen LogP contribution in [0.15, 0.2) is 24.3 Å². The summed E-state index contributed by atoms with van der Waals surface area (Å²) < 4.78 is 13.3. The number of fused-ring (bicyclic) bond motifs is 2. The molecule has 4 fully saturated rings. The van der Waals surface area contributed by atoms with Crippen LogP contribution in [-0.2, 0) is 4.79 Å². The Morgan fingerprint density at radius 2 is 1.82 bits per heavy atom. The molecule has 4 aliphatic rings. The number of nitrogens with one attached hydrogen (secondary N) is 1. The zero-order valence-corrected chi connectivity index (χ0v) is 16.2. The van der Waals surface area contributed by atoms with Crippen molar-refractivity contribution < 1.29 is 14.0 Å². The SMILES string of the molecule is O=C(N1CCCC2(CCNC2=O)C1)N1[C@@H]2CC[C@@H]1CC(c1ccc(F)cc1)C2. The molecule has 2 bridgehead atoms. The third kappa shape index (κ3) is 2.88. The van der Waals surface area contributed by atoms with Gasteiger partial charge in [-0.1, -0.05) is 12.1 Å². The molecule has 1 aromatic carbocycles. The lowest BCUT2D eigenvalue weighted by atomic mass is 9.78.